The highest BCUT2D eigenvalue weighted by Crippen LogP contribution is 2.23. The van der Waals surface area contributed by atoms with Crippen molar-refractivity contribution in [3.63, 3.8) is 0 Å². The second kappa shape index (κ2) is 6.80. The maximum absolute atomic E-state index is 5.38. The average molecular weight is 344 g/mol. The van der Waals surface area contributed by atoms with Crippen LogP contribution < -0.4 is 16.6 Å². The van der Waals surface area contributed by atoms with E-state index in [-0.39, 0.29) is 0 Å². The number of thiophene rings is 1. The minimum absolute atomic E-state index is 0.342. The second-order valence-corrected chi connectivity index (χ2v) is 6.24. The van der Waals surface area contributed by atoms with E-state index in [1.807, 2.05) is 6.07 Å². The molecule has 8 heteroatoms. The van der Waals surface area contributed by atoms with Gasteiger partial charge in [0.15, 0.2) is 5.82 Å². The maximum atomic E-state index is 5.38. The van der Waals surface area contributed by atoms with Gasteiger partial charge in [-0.05, 0) is 28.1 Å². The van der Waals surface area contributed by atoms with Crippen molar-refractivity contribution in [1.29, 1.82) is 0 Å². The highest BCUT2D eigenvalue weighted by molar-refractivity contribution is 9.11. The van der Waals surface area contributed by atoms with Crippen molar-refractivity contribution in [2.45, 2.75) is 13.2 Å². The second-order valence-electron chi connectivity index (χ2n) is 3.69. The summed E-state index contributed by atoms with van der Waals surface area (Å²) in [5.74, 6) is 7.22. The Hall–Kier alpha value is -1.22. The number of nitrogens with one attached hydrogen (secondary N) is 2. The lowest BCUT2D eigenvalue weighted by molar-refractivity contribution is 0.178. The third-order valence-electron chi connectivity index (χ3n) is 2.27. The predicted octanol–water partition coefficient (Wildman–Crippen LogP) is 2.34. The molecule has 0 saturated carbocycles. The number of nitrogen functional groups attached to an aromatic ring is 1. The topological polar surface area (TPSA) is 85.1 Å². The zero-order valence-electron chi connectivity index (χ0n) is 10.3. The Morgan fingerprint density at radius 3 is 2.79 bits per heavy atom. The van der Waals surface area contributed by atoms with Gasteiger partial charge in [-0.3, -0.25) is 0 Å². The number of hydrazine groups is 1. The quantitative estimate of drug-likeness (QED) is 0.551. The molecular formula is C11H14BrN5OS. The summed E-state index contributed by atoms with van der Waals surface area (Å²) in [4.78, 5) is 9.74. The minimum Gasteiger partial charge on any atom is -0.377 e. The van der Waals surface area contributed by atoms with E-state index >= 15 is 0 Å². The van der Waals surface area contributed by atoms with Gasteiger partial charge in [-0.1, -0.05) is 0 Å². The Balaban J connectivity index is 2.08. The number of methoxy groups -OCH3 is 1. The van der Waals surface area contributed by atoms with Crippen molar-refractivity contribution in [2.75, 3.05) is 17.9 Å². The molecule has 0 aliphatic rings. The SMILES string of the molecule is COCc1nc(NN)cc(NCc2ccc(Br)s2)n1. The van der Waals surface area contributed by atoms with Gasteiger partial charge in [0.1, 0.15) is 18.2 Å². The molecule has 0 amide bonds. The fraction of sp³-hybridized carbons (Fsp3) is 0.273. The zero-order valence-corrected chi connectivity index (χ0v) is 12.7. The fourth-order valence-corrected chi connectivity index (χ4v) is 2.90. The Morgan fingerprint density at radius 1 is 1.37 bits per heavy atom. The molecule has 0 aliphatic heterocycles. The molecule has 2 aromatic heterocycles. The van der Waals surface area contributed by atoms with Crippen molar-refractivity contribution < 1.29 is 4.74 Å². The van der Waals surface area contributed by atoms with E-state index in [2.05, 4.69) is 42.7 Å². The first-order chi connectivity index (χ1) is 9.21. The Bertz CT molecular complexity index is 548. The number of aromatic nitrogens is 2. The molecule has 2 rings (SSSR count). The molecule has 6 nitrogen and oxygen atoms in total. The normalized spacial score (nSPS) is 10.5. The van der Waals surface area contributed by atoms with Gasteiger partial charge in [0.2, 0.25) is 0 Å². The lowest BCUT2D eigenvalue weighted by atomic mass is 10.4. The maximum Gasteiger partial charge on any atom is 0.158 e. The fourth-order valence-electron chi connectivity index (χ4n) is 1.48. The molecular weight excluding hydrogens is 330 g/mol. The van der Waals surface area contributed by atoms with E-state index in [0.29, 0.717) is 30.6 Å². The molecule has 0 spiro atoms. The number of ether oxygens (including phenoxy) is 1. The third kappa shape index (κ3) is 4.13. The lowest BCUT2D eigenvalue weighted by Gasteiger charge is -2.08. The van der Waals surface area contributed by atoms with Crippen LogP contribution in [0, 0.1) is 0 Å². The van der Waals surface area contributed by atoms with Gasteiger partial charge < -0.3 is 15.5 Å². The molecule has 2 aromatic rings. The van der Waals surface area contributed by atoms with E-state index in [0.717, 1.165) is 3.79 Å². The number of anilines is 2. The van der Waals surface area contributed by atoms with Crippen LogP contribution in [0.1, 0.15) is 10.7 Å². The van der Waals surface area contributed by atoms with Gasteiger partial charge in [0, 0.05) is 18.1 Å². The number of halogens is 1. The first kappa shape index (κ1) is 14.2. The van der Waals surface area contributed by atoms with Gasteiger partial charge in [0.25, 0.3) is 0 Å². The summed E-state index contributed by atoms with van der Waals surface area (Å²) in [5.41, 5.74) is 2.52. The van der Waals surface area contributed by atoms with Gasteiger partial charge in [-0.2, -0.15) is 0 Å². The molecule has 19 heavy (non-hydrogen) atoms. The summed E-state index contributed by atoms with van der Waals surface area (Å²) in [7, 11) is 1.60. The van der Waals surface area contributed by atoms with Crippen molar-refractivity contribution in [3.05, 3.63) is 32.7 Å². The number of hydrogen-bond donors (Lipinski definition) is 3. The monoisotopic (exact) mass is 343 g/mol. The number of nitrogens with zero attached hydrogens (tertiary/aromatic N) is 2. The van der Waals surface area contributed by atoms with Crippen molar-refractivity contribution in [1.82, 2.24) is 9.97 Å². The van der Waals surface area contributed by atoms with E-state index in [9.17, 15) is 0 Å². The van der Waals surface area contributed by atoms with Crippen LogP contribution >= 0.6 is 27.3 Å². The molecule has 2 heterocycles. The van der Waals surface area contributed by atoms with E-state index in [4.69, 9.17) is 10.6 Å². The zero-order chi connectivity index (χ0) is 13.7. The Labute approximate surface area is 123 Å². The molecule has 0 saturated heterocycles. The van der Waals surface area contributed by atoms with Gasteiger partial charge in [-0.25, -0.2) is 15.8 Å². The molecule has 0 atom stereocenters. The average Bonchev–Trinajstić information content (AvgIpc) is 2.82. The third-order valence-corrected chi connectivity index (χ3v) is 3.89. The minimum atomic E-state index is 0.342. The summed E-state index contributed by atoms with van der Waals surface area (Å²) in [6.07, 6.45) is 0. The smallest absolute Gasteiger partial charge is 0.158 e. The first-order valence-corrected chi connectivity index (χ1v) is 7.14. The van der Waals surface area contributed by atoms with E-state index in [1.54, 1.807) is 24.5 Å². The molecule has 0 aliphatic carbocycles. The van der Waals surface area contributed by atoms with Gasteiger partial charge in [-0.15, -0.1) is 11.3 Å². The van der Waals surface area contributed by atoms with Crippen LogP contribution in [0.4, 0.5) is 11.6 Å². The molecule has 0 bridgehead atoms. The molecule has 0 unspecified atom stereocenters. The lowest BCUT2D eigenvalue weighted by Crippen LogP contribution is -2.12. The highest BCUT2D eigenvalue weighted by atomic mass is 79.9. The molecule has 4 N–H and O–H groups in total. The Kier molecular flexibility index (Phi) is 5.08. The molecule has 0 radical (unpaired) electrons. The Morgan fingerprint density at radius 2 is 2.16 bits per heavy atom. The first-order valence-electron chi connectivity index (χ1n) is 5.53. The molecule has 0 aromatic carbocycles. The van der Waals surface area contributed by atoms with E-state index in [1.165, 1.54) is 4.88 Å². The van der Waals surface area contributed by atoms with Crippen LogP contribution in [0.25, 0.3) is 0 Å². The number of rotatable bonds is 6. The van der Waals surface area contributed by atoms with Crippen molar-refractivity contribution in [3.8, 4) is 0 Å². The van der Waals surface area contributed by atoms with Crippen molar-refractivity contribution >= 4 is 38.9 Å². The number of nitrogens with two attached hydrogens (primary N) is 1. The molecule has 102 valence electrons. The summed E-state index contributed by atoms with van der Waals surface area (Å²) < 4.78 is 6.13. The van der Waals surface area contributed by atoms with Crippen LogP contribution in [0.15, 0.2) is 22.0 Å². The standard InChI is InChI=1S/C11H14BrN5OS/c1-18-6-11-15-9(4-10(16-11)17-13)14-5-7-2-3-8(12)19-7/h2-4H,5-6,13H2,1H3,(H2,14,15,16,17). The largest absolute Gasteiger partial charge is 0.377 e. The van der Waals surface area contributed by atoms with Crippen molar-refractivity contribution in [2.24, 2.45) is 5.84 Å². The summed E-state index contributed by atoms with van der Waals surface area (Å²) in [6.45, 7) is 1.04. The van der Waals surface area contributed by atoms with Crippen LogP contribution in [0.2, 0.25) is 0 Å². The van der Waals surface area contributed by atoms with Gasteiger partial charge >= 0.3 is 0 Å². The van der Waals surface area contributed by atoms with Gasteiger partial charge in [0.05, 0.1) is 10.3 Å². The highest BCUT2D eigenvalue weighted by Gasteiger charge is 2.04. The molecule has 0 fully saturated rings. The van der Waals surface area contributed by atoms with Crippen LogP contribution in [-0.2, 0) is 17.9 Å². The summed E-state index contributed by atoms with van der Waals surface area (Å²) >= 11 is 5.11. The predicted molar refractivity (Wildman–Crippen MR) is 79.9 cm³/mol. The van der Waals surface area contributed by atoms with Crippen LogP contribution in [0.5, 0.6) is 0 Å². The summed E-state index contributed by atoms with van der Waals surface area (Å²) in [6, 6.07) is 5.83. The van der Waals surface area contributed by atoms with E-state index < -0.39 is 0 Å². The van der Waals surface area contributed by atoms with Crippen LogP contribution in [0.3, 0.4) is 0 Å². The summed E-state index contributed by atoms with van der Waals surface area (Å²) in [5, 5.41) is 3.24. The van der Waals surface area contributed by atoms with Crippen LogP contribution in [-0.4, -0.2) is 17.1 Å². The number of hydrogen-bond acceptors (Lipinski definition) is 7.